The Morgan fingerprint density at radius 1 is 1.13 bits per heavy atom. The molecule has 0 N–H and O–H groups in total. The van der Waals surface area contributed by atoms with Gasteiger partial charge in [0.05, 0.1) is 12.0 Å². The van der Waals surface area contributed by atoms with Crippen molar-refractivity contribution in [2.45, 2.75) is 24.8 Å². The van der Waals surface area contributed by atoms with Gasteiger partial charge in [-0.25, -0.2) is 4.68 Å². The molecular formula is C18H19N3O2. The Kier molecular flexibility index (Phi) is 3.29. The van der Waals surface area contributed by atoms with Crippen LogP contribution < -0.4 is 5.56 Å². The molecule has 1 aliphatic carbocycles. The maximum atomic E-state index is 12.8. The monoisotopic (exact) mass is 309 g/mol. The second-order valence-electron chi connectivity index (χ2n) is 6.57. The van der Waals surface area contributed by atoms with Crippen LogP contribution in [0.25, 0.3) is 0 Å². The van der Waals surface area contributed by atoms with Crippen LogP contribution in [0.4, 0.5) is 0 Å². The van der Waals surface area contributed by atoms with Crippen LogP contribution in [-0.4, -0.2) is 33.7 Å². The Bertz CT molecular complexity index is 774. The third-order valence-electron chi connectivity index (χ3n) is 4.95. The molecule has 1 saturated carbocycles. The number of benzene rings is 1. The molecule has 5 heteroatoms. The van der Waals surface area contributed by atoms with E-state index in [-0.39, 0.29) is 16.9 Å². The highest BCUT2D eigenvalue weighted by atomic mass is 16.2. The Balaban J connectivity index is 1.40. The summed E-state index contributed by atoms with van der Waals surface area (Å²) >= 11 is 0. The van der Waals surface area contributed by atoms with Crippen molar-refractivity contribution < 1.29 is 4.79 Å². The second kappa shape index (κ2) is 5.33. The van der Waals surface area contributed by atoms with Crippen molar-refractivity contribution in [3.05, 3.63) is 64.6 Å². The van der Waals surface area contributed by atoms with Gasteiger partial charge in [0, 0.05) is 31.3 Å². The summed E-state index contributed by atoms with van der Waals surface area (Å²) < 4.78 is 1.48. The number of carbonyl (C=O) groups excluding carboxylic acids is 1. The molecule has 118 valence electrons. The minimum Gasteiger partial charge on any atom is -0.341 e. The van der Waals surface area contributed by atoms with Gasteiger partial charge in [-0.1, -0.05) is 30.3 Å². The molecule has 2 fully saturated rings. The summed E-state index contributed by atoms with van der Waals surface area (Å²) in [6, 6.07) is 13.2. The van der Waals surface area contributed by atoms with E-state index in [4.69, 9.17) is 0 Å². The Morgan fingerprint density at radius 2 is 1.87 bits per heavy atom. The summed E-state index contributed by atoms with van der Waals surface area (Å²) in [5.41, 5.74) is 0.767. The van der Waals surface area contributed by atoms with Crippen LogP contribution in [-0.2, 0) is 16.8 Å². The van der Waals surface area contributed by atoms with Crippen molar-refractivity contribution in [2.24, 2.45) is 5.92 Å². The molecule has 2 aromatic rings. The Morgan fingerprint density at radius 3 is 2.52 bits per heavy atom. The van der Waals surface area contributed by atoms with Crippen molar-refractivity contribution in [2.75, 3.05) is 13.1 Å². The van der Waals surface area contributed by atoms with Crippen molar-refractivity contribution in [3.63, 3.8) is 0 Å². The van der Waals surface area contributed by atoms with Crippen LogP contribution in [0.15, 0.2) is 53.5 Å². The molecule has 0 spiro atoms. The minimum atomic E-state index is -0.284. The second-order valence-corrected chi connectivity index (χ2v) is 6.57. The number of hydrogen-bond donors (Lipinski definition) is 0. The Labute approximate surface area is 134 Å². The van der Waals surface area contributed by atoms with E-state index in [1.807, 2.05) is 23.1 Å². The van der Waals surface area contributed by atoms with Crippen molar-refractivity contribution in [1.82, 2.24) is 14.7 Å². The molecule has 0 radical (unpaired) electrons. The standard InChI is InChI=1S/C18H19N3O2/c22-16-7-4-10-19-21(16)13-14-11-20(12-14)17(23)18(8-9-18)15-5-2-1-3-6-15/h1-7,10,14H,8-9,11-13H2. The van der Waals surface area contributed by atoms with Crippen LogP contribution in [0.2, 0.25) is 0 Å². The van der Waals surface area contributed by atoms with E-state index in [0.717, 1.165) is 31.5 Å². The largest absolute Gasteiger partial charge is 0.341 e. The third kappa shape index (κ3) is 2.46. The SMILES string of the molecule is O=C(N1CC(Cn2ncccc2=O)C1)C1(c2ccccc2)CC1. The number of likely N-dealkylation sites (tertiary alicyclic amines) is 1. The molecular weight excluding hydrogens is 290 g/mol. The molecule has 2 aliphatic rings. The number of rotatable bonds is 4. The normalized spacial score (nSPS) is 19.2. The first-order valence-electron chi connectivity index (χ1n) is 8.06. The summed E-state index contributed by atoms with van der Waals surface area (Å²) in [5, 5.41) is 4.08. The summed E-state index contributed by atoms with van der Waals surface area (Å²) in [4.78, 5) is 26.4. The molecule has 4 rings (SSSR count). The fourth-order valence-corrected chi connectivity index (χ4v) is 3.43. The van der Waals surface area contributed by atoms with E-state index < -0.39 is 0 Å². The topological polar surface area (TPSA) is 55.2 Å². The van der Waals surface area contributed by atoms with Crippen molar-refractivity contribution in [1.29, 1.82) is 0 Å². The zero-order chi connectivity index (χ0) is 15.9. The molecule has 1 aliphatic heterocycles. The van der Waals surface area contributed by atoms with Gasteiger partial charge in [-0.15, -0.1) is 0 Å². The minimum absolute atomic E-state index is 0.0831. The van der Waals surface area contributed by atoms with Crippen LogP contribution in [0.1, 0.15) is 18.4 Å². The van der Waals surface area contributed by atoms with Gasteiger partial charge in [0.2, 0.25) is 5.91 Å². The van der Waals surface area contributed by atoms with E-state index in [0.29, 0.717) is 12.5 Å². The highest BCUT2D eigenvalue weighted by Gasteiger charge is 2.54. The summed E-state index contributed by atoms with van der Waals surface area (Å²) in [5.74, 6) is 0.562. The Hall–Kier alpha value is -2.43. The quantitative estimate of drug-likeness (QED) is 0.858. The summed E-state index contributed by atoms with van der Waals surface area (Å²) in [7, 11) is 0. The molecule has 0 unspecified atom stereocenters. The lowest BCUT2D eigenvalue weighted by Crippen LogP contribution is -2.55. The third-order valence-corrected chi connectivity index (χ3v) is 4.95. The number of hydrogen-bond acceptors (Lipinski definition) is 3. The molecule has 5 nitrogen and oxygen atoms in total. The summed E-state index contributed by atoms with van der Waals surface area (Å²) in [6.07, 6.45) is 3.50. The van der Waals surface area contributed by atoms with Gasteiger partial charge in [0.15, 0.2) is 0 Å². The van der Waals surface area contributed by atoms with E-state index in [1.165, 1.54) is 10.7 Å². The zero-order valence-corrected chi connectivity index (χ0v) is 12.9. The number of carbonyl (C=O) groups is 1. The first-order valence-corrected chi connectivity index (χ1v) is 8.06. The predicted octanol–water partition coefficient (Wildman–Crippen LogP) is 1.43. The van der Waals surface area contributed by atoms with Gasteiger partial charge < -0.3 is 4.90 Å². The molecule has 0 atom stereocenters. The van der Waals surface area contributed by atoms with Crippen LogP contribution >= 0.6 is 0 Å². The van der Waals surface area contributed by atoms with Gasteiger partial charge in [-0.3, -0.25) is 9.59 Å². The van der Waals surface area contributed by atoms with Crippen LogP contribution in [0.5, 0.6) is 0 Å². The lowest BCUT2D eigenvalue weighted by atomic mass is 9.90. The highest BCUT2D eigenvalue weighted by Crippen LogP contribution is 2.50. The van der Waals surface area contributed by atoms with Gasteiger partial charge >= 0.3 is 0 Å². The molecule has 0 bridgehead atoms. The smallest absolute Gasteiger partial charge is 0.266 e. The van der Waals surface area contributed by atoms with E-state index in [9.17, 15) is 9.59 Å². The lowest BCUT2D eigenvalue weighted by molar-refractivity contribution is -0.140. The average Bonchev–Trinajstić information content (AvgIpc) is 3.34. The van der Waals surface area contributed by atoms with E-state index in [2.05, 4.69) is 17.2 Å². The molecule has 2 heterocycles. The molecule has 1 saturated heterocycles. The predicted molar refractivity (Wildman–Crippen MR) is 85.9 cm³/mol. The summed E-state index contributed by atoms with van der Waals surface area (Å²) in [6.45, 7) is 2.02. The number of aromatic nitrogens is 2. The van der Waals surface area contributed by atoms with E-state index in [1.54, 1.807) is 12.3 Å². The fraction of sp³-hybridized carbons (Fsp3) is 0.389. The van der Waals surface area contributed by atoms with Crippen molar-refractivity contribution >= 4 is 5.91 Å². The molecule has 1 amide bonds. The van der Waals surface area contributed by atoms with Gasteiger partial charge in [0.25, 0.3) is 5.56 Å². The van der Waals surface area contributed by atoms with Crippen LogP contribution in [0, 0.1) is 5.92 Å². The lowest BCUT2D eigenvalue weighted by Gasteiger charge is -2.41. The first kappa shape index (κ1) is 14.2. The number of nitrogens with zero attached hydrogens (tertiary/aromatic N) is 3. The average molecular weight is 309 g/mol. The first-order chi connectivity index (χ1) is 11.2. The molecule has 1 aromatic carbocycles. The highest BCUT2D eigenvalue weighted by molar-refractivity contribution is 5.91. The zero-order valence-electron chi connectivity index (χ0n) is 12.9. The van der Waals surface area contributed by atoms with E-state index >= 15 is 0 Å². The van der Waals surface area contributed by atoms with Gasteiger partial charge in [-0.2, -0.15) is 5.10 Å². The van der Waals surface area contributed by atoms with Gasteiger partial charge in [0.1, 0.15) is 0 Å². The fourth-order valence-electron chi connectivity index (χ4n) is 3.43. The van der Waals surface area contributed by atoms with Gasteiger partial charge in [-0.05, 0) is 24.5 Å². The van der Waals surface area contributed by atoms with Crippen LogP contribution in [0.3, 0.4) is 0 Å². The molecule has 1 aromatic heterocycles. The number of amides is 1. The maximum Gasteiger partial charge on any atom is 0.266 e. The van der Waals surface area contributed by atoms with Crippen molar-refractivity contribution in [3.8, 4) is 0 Å². The molecule has 23 heavy (non-hydrogen) atoms. The maximum absolute atomic E-state index is 12.8.